The third-order valence-electron chi connectivity index (χ3n) is 2.36. The molecule has 0 unspecified atom stereocenters. The Labute approximate surface area is 128 Å². The first-order chi connectivity index (χ1) is 10.2. The van der Waals surface area contributed by atoms with Crippen molar-refractivity contribution in [2.45, 2.75) is 6.92 Å². The predicted molar refractivity (Wildman–Crippen MR) is 82.2 cm³/mol. The van der Waals surface area contributed by atoms with Crippen LogP contribution in [-0.2, 0) is 0 Å². The van der Waals surface area contributed by atoms with E-state index in [0.29, 0.717) is 21.9 Å². The molecular weight excluding hydrogens is 308 g/mol. The third-order valence-corrected chi connectivity index (χ3v) is 3.99. The summed E-state index contributed by atoms with van der Waals surface area (Å²) in [6.45, 7) is 1.87. The molecule has 0 bridgehead atoms. The molecule has 2 N–H and O–H groups in total. The van der Waals surface area contributed by atoms with Crippen molar-refractivity contribution >= 4 is 44.8 Å². The number of aromatic nitrogens is 4. The molecule has 0 aromatic carbocycles. The molecule has 0 fully saturated rings. The average molecular weight is 318 g/mol. The Kier molecular flexibility index (Phi) is 3.84. The molecule has 0 atom stereocenters. The fraction of sp³-hybridized carbons (Fsp3) is 0.0833. The molecule has 0 aliphatic heterocycles. The minimum absolute atomic E-state index is 0.289. The van der Waals surface area contributed by atoms with E-state index in [0.717, 1.165) is 5.69 Å². The number of anilines is 3. The highest BCUT2D eigenvalue weighted by atomic mass is 32.1. The molecule has 1 amide bonds. The molecule has 9 heteroatoms. The van der Waals surface area contributed by atoms with Crippen LogP contribution < -0.4 is 10.6 Å². The summed E-state index contributed by atoms with van der Waals surface area (Å²) in [5.74, 6) is 0.150. The van der Waals surface area contributed by atoms with Crippen LogP contribution >= 0.6 is 22.7 Å². The fourth-order valence-corrected chi connectivity index (χ4v) is 2.83. The predicted octanol–water partition coefficient (Wildman–Crippen LogP) is 2.69. The smallest absolute Gasteiger partial charge is 0.276 e. The number of rotatable bonds is 4. The monoisotopic (exact) mass is 318 g/mol. The van der Waals surface area contributed by atoms with Crippen molar-refractivity contribution in [1.82, 2.24) is 19.9 Å². The van der Waals surface area contributed by atoms with Gasteiger partial charge in [-0.05, 0) is 13.0 Å². The van der Waals surface area contributed by atoms with E-state index in [4.69, 9.17) is 0 Å². The number of carbonyl (C=O) groups is 1. The zero-order valence-electron chi connectivity index (χ0n) is 10.9. The molecule has 0 saturated heterocycles. The summed E-state index contributed by atoms with van der Waals surface area (Å²) in [6, 6.07) is 1.72. The maximum absolute atomic E-state index is 12.0. The molecular formula is C12H10N6OS2. The zero-order valence-corrected chi connectivity index (χ0v) is 12.5. The van der Waals surface area contributed by atoms with E-state index < -0.39 is 0 Å². The van der Waals surface area contributed by atoms with Crippen LogP contribution in [0, 0.1) is 6.92 Å². The highest BCUT2D eigenvalue weighted by Crippen LogP contribution is 2.20. The van der Waals surface area contributed by atoms with Crippen LogP contribution in [-0.4, -0.2) is 25.8 Å². The van der Waals surface area contributed by atoms with Gasteiger partial charge in [0.15, 0.2) is 10.3 Å². The second-order valence-corrected chi connectivity index (χ2v) is 5.70. The topological polar surface area (TPSA) is 92.7 Å². The fourth-order valence-electron chi connectivity index (χ4n) is 1.47. The first kappa shape index (κ1) is 13.6. The van der Waals surface area contributed by atoms with E-state index in [9.17, 15) is 4.79 Å². The molecule has 21 heavy (non-hydrogen) atoms. The van der Waals surface area contributed by atoms with Gasteiger partial charge in [0.05, 0.1) is 5.69 Å². The van der Waals surface area contributed by atoms with Gasteiger partial charge in [-0.1, -0.05) is 0 Å². The van der Waals surface area contributed by atoms with Crippen molar-refractivity contribution in [3.8, 4) is 0 Å². The highest BCUT2D eigenvalue weighted by Gasteiger charge is 2.13. The lowest BCUT2D eigenvalue weighted by molar-refractivity contribution is 0.102. The summed E-state index contributed by atoms with van der Waals surface area (Å²) >= 11 is 2.69. The molecule has 3 heterocycles. The summed E-state index contributed by atoms with van der Waals surface area (Å²) < 4.78 is 0. The Morgan fingerprint density at radius 3 is 2.57 bits per heavy atom. The molecule has 106 valence electrons. The molecule has 0 aliphatic rings. The molecule has 3 aromatic rings. The van der Waals surface area contributed by atoms with E-state index in [1.807, 2.05) is 12.3 Å². The van der Waals surface area contributed by atoms with Crippen molar-refractivity contribution < 1.29 is 4.79 Å². The first-order valence-corrected chi connectivity index (χ1v) is 7.70. The standard InChI is InChI=1S/C12H10N6OS2/c1-7-5-20-11(15-7)17-9(19)8-6-21-12(16-8)18-10-13-3-2-4-14-10/h2-6H,1H3,(H,15,17,19)(H,13,14,16,18). The van der Waals surface area contributed by atoms with Crippen LogP contribution in [0.4, 0.5) is 16.2 Å². The highest BCUT2D eigenvalue weighted by molar-refractivity contribution is 7.14. The summed E-state index contributed by atoms with van der Waals surface area (Å²) in [7, 11) is 0. The van der Waals surface area contributed by atoms with E-state index in [2.05, 4.69) is 30.6 Å². The number of carbonyl (C=O) groups excluding carboxylic acids is 1. The van der Waals surface area contributed by atoms with Gasteiger partial charge >= 0.3 is 0 Å². The molecule has 3 rings (SSSR count). The lowest BCUT2D eigenvalue weighted by Crippen LogP contribution is -2.12. The van der Waals surface area contributed by atoms with Crippen LogP contribution in [0.3, 0.4) is 0 Å². The quantitative estimate of drug-likeness (QED) is 0.768. The Morgan fingerprint density at radius 2 is 1.86 bits per heavy atom. The van der Waals surface area contributed by atoms with Gasteiger partial charge in [0.2, 0.25) is 5.95 Å². The number of hydrogen-bond donors (Lipinski definition) is 2. The SMILES string of the molecule is Cc1csc(NC(=O)c2csc(Nc3ncccn3)n2)n1. The van der Waals surface area contributed by atoms with Crippen molar-refractivity contribution in [3.05, 3.63) is 40.6 Å². The Balaban J connectivity index is 1.68. The van der Waals surface area contributed by atoms with Crippen molar-refractivity contribution in [3.63, 3.8) is 0 Å². The van der Waals surface area contributed by atoms with Gasteiger partial charge in [-0.2, -0.15) is 0 Å². The third kappa shape index (κ3) is 3.38. The minimum Gasteiger partial charge on any atom is -0.300 e. The normalized spacial score (nSPS) is 10.3. The van der Waals surface area contributed by atoms with Gasteiger partial charge in [-0.3, -0.25) is 10.1 Å². The number of amides is 1. The molecule has 7 nitrogen and oxygen atoms in total. The zero-order chi connectivity index (χ0) is 14.7. The van der Waals surface area contributed by atoms with Crippen molar-refractivity contribution in [2.24, 2.45) is 0 Å². The minimum atomic E-state index is -0.289. The lowest BCUT2D eigenvalue weighted by Gasteiger charge is -1.99. The largest absolute Gasteiger partial charge is 0.300 e. The number of thiazole rings is 2. The molecule has 0 aliphatic carbocycles. The van der Waals surface area contributed by atoms with Crippen LogP contribution in [0.15, 0.2) is 29.2 Å². The first-order valence-electron chi connectivity index (χ1n) is 5.94. The van der Waals surface area contributed by atoms with Crippen LogP contribution in [0.2, 0.25) is 0 Å². The van der Waals surface area contributed by atoms with Crippen molar-refractivity contribution in [1.29, 1.82) is 0 Å². The lowest BCUT2D eigenvalue weighted by atomic mass is 10.5. The second-order valence-electron chi connectivity index (χ2n) is 3.98. The summed E-state index contributed by atoms with van der Waals surface area (Å²) in [6.07, 6.45) is 3.25. The Morgan fingerprint density at radius 1 is 1.10 bits per heavy atom. The Hall–Kier alpha value is -2.39. The molecule has 3 aromatic heterocycles. The summed E-state index contributed by atoms with van der Waals surface area (Å²) in [5, 5.41) is 10.3. The van der Waals surface area contributed by atoms with E-state index in [-0.39, 0.29) is 5.91 Å². The van der Waals surface area contributed by atoms with Gasteiger partial charge in [-0.15, -0.1) is 22.7 Å². The number of hydrogen-bond acceptors (Lipinski definition) is 8. The average Bonchev–Trinajstić information content (AvgIpc) is 3.09. The van der Waals surface area contributed by atoms with Gasteiger partial charge in [0, 0.05) is 23.2 Å². The maximum atomic E-state index is 12.0. The number of nitrogens with zero attached hydrogens (tertiary/aromatic N) is 4. The molecule has 0 spiro atoms. The summed E-state index contributed by atoms with van der Waals surface area (Å²) in [4.78, 5) is 28.5. The van der Waals surface area contributed by atoms with E-state index >= 15 is 0 Å². The van der Waals surface area contributed by atoms with E-state index in [1.165, 1.54) is 22.7 Å². The van der Waals surface area contributed by atoms with Gasteiger partial charge in [-0.25, -0.2) is 19.9 Å². The van der Waals surface area contributed by atoms with Gasteiger partial charge in [0.1, 0.15) is 5.69 Å². The van der Waals surface area contributed by atoms with Gasteiger partial charge < -0.3 is 5.32 Å². The van der Waals surface area contributed by atoms with Crippen molar-refractivity contribution in [2.75, 3.05) is 10.6 Å². The Bertz CT molecular complexity index is 754. The number of nitrogens with one attached hydrogen (secondary N) is 2. The summed E-state index contributed by atoms with van der Waals surface area (Å²) in [5.41, 5.74) is 1.20. The molecule has 0 radical (unpaired) electrons. The van der Waals surface area contributed by atoms with E-state index in [1.54, 1.807) is 23.8 Å². The van der Waals surface area contributed by atoms with Gasteiger partial charge in [0.25, 0.3) is 5.91 Å². The number of aryl methyl sites for hydroxylation is 1. The maximum Gasteiger partial charge on any atom is 0.276 e. The van der Waals surface area contributed by atoms with Crippen LogP contribution in [0.25, 0.3) is 0 Å². The van der Waals surface area contributed by atoms with Crippen LogP contribution in [0.1, 0.15) is 16.2 Å². The van der Waals surface area contributed by atoms with Crippen LogP contribution in [0.5, 0.6) is 0 Å². The molecule has 0 saturated carbocycles. The second kappa shape index (κ2) is 5.94.